The molecule has 0 fully saturated rings. The fourth-order valence-corrected chi connectivity index (χ4v) is 3.61. The van der Waals surface area contributed by atoms with Gasteiger partial charge in [0.1, 0.15) is 30.8 Å². The molecule has 0 aromatic heterocycles. The normalized spacial score (nSPS) is 13.1. The minimum Gasteiger partial charge on any atom is -0.491 e. The van der Waals surface area contributed by atoms with Gasteiger partial charge in [0, 0.05) is 0 Å². The van der Waals surface area contributed by atoms with Crippen molar-refractivity contribution in [2.45, 2.75) is 38.1 Å². The zero-order chi connectivity index (χ0) is 26.1. The molecular formula is C27H26ClF3O5. The van der Waals surface area contributed by atoms with E-state index in [1.807, 2.05) is 37.3 Å². The summed E-state index contributed by atoms with van der Waals surface area (Å²) in [5.41, 5.74) is 0.954. The van der Waals surface area contributed by atoms with Crippen molar-refractivity contribution in [3.8, 4) is 11.5 Å². The lowest BCUT2D eigenvalue weighted by Gasteiger charge is -2.20. The molecule has 9 heteroatoms. The van der Waals surface area contributed by atoms with Gasteiger partial charge in [0.25, 0.3) is 0 Å². The average molecular weight is 523 g/mol. The zero-order valence-electron chi connectivity index (χ0n) is 19.5. The van der Waals surface area contributed by atoms with E-state index >= 15 is 0 Å². The molecule has 0 saturated carbocycles. The molecule has 0 aliphatic carbocycles. The second kappa shape index (κ2) is 12.6. The van der Waals surface area contributed by atoms with E-state index in [-0.39, 0.29) is 42.9 Å². The van der Waals surface area contributed by atoms with Crippen molar-refractivity contribution >= 4 is 17.6 Å². The molecule has 3 aromatic rings. The summed E-state index contributed by atoms with van der Waals surface area (Å²) in [7, 11) is 0. The van der Waals surface area contributed by atoms with Gasteiger partial charge in [0.15, 0.2) is 0 Å². The highest BCUT2D eigenvalue weighted by atomic mass is 35.5. The van der Waals surface area contributed by atoms with E-state index in [1.54, 1.807) is 24.3 Å². The van der Waals surface area contributed by atoms with E-state index in [4.69, 9.17) is 30.9 Å². The van der Waals surface area contributed by atoms with Crippen molar-refractivity contribution in [1.82, 2.24) is 0 Å². The van der Waals surface area contributed by atoms with Gasteiger partial charge in [-0.15, -0.1) is 0 Å². The summed E-state index contributed by atoms with van der Waals surface area (Å²) >= 11 is 6.00. The first-order chi connectivity index (χ1) is 17.1. The molecule has 0 spiro atoms. The minimum atomic E-state index is -4.50. The van der Waals surface area contributed by atoms with E-state index in [0.29, 0.717) is 5.75 Å². The number of rotatable bonds is 12. The van der Waals surface area contributed by atoms with Gasteiger partial charge in [-0.3, -0.25) is 4.79 Å². The molecule has 0 aliphatic heterocycles. The first-order valence-corrected chi connectivity index (χ1v) is 11.6. The topological polar surface area (TPSA) is 65.0 Å². The SMILES string of the molecule is CC(CC(=O)O)c1ccc(OCC(COc2ccc(C(F)(F)F)cc2Cl)OCc2ccccc2)cc1. The van der Waals surface area contributed by atoms with E-state index in [9.17, 15) is 18.0 Å². The highest BCUT2D eigenvalue weighted by Crippen LogP contribution is 2.34. The van der Waals surface area contributed by atoms with Gasteiger partial charge in [0.2, 0.25) is 0 Å². The van der Waals surface area contributed by atoms with Crippen molar-refractivity contribution < 1.29 is 37.3 Å². The lowest BCUT2D eigenvalue weighted by atomic mass is 9.98. The third-order valence-electron chi connectivity index (χ3n) is 5.38. The second-order valence-corrected chi connectivity index (χ2v) is 8.66. The molecule has 0 amide bonds. The molecule has 3 rings (SSSR count). The molecule has 0 bridgehead atoms. The van der Waals surface area contributed by atoms with Gasteiger partial charge in [0.05, 0.1) is 23.6 Å². The molecule has 0 aliphatic rings. The van der Waals surface area contributed by atoms with Crippen LogP contribution in [0.15, 0.2) is 72.8 Å². The number of hydrogen-bond donors (Lipinski definition) is 1. The molecule has 1 N–H and O–H groups in total. The summed E-state index contributed by atoms with van der Waals surface area (Å²) in [5, 5.41) is 8.81. The number of benzene rings is 3. The molecule has 0 heterocycles. The second-order valence-electron chi connectivity index (χ2n) is 8.25. The Balaban J connectivity index is 1.64. The van der Waals surface area contributed by atoms with Crippen molar-refractivity contribution in [2.24, 2.45) is 0 Å². The van der Waals surface area contributed by atoms with Crippen LogP contribution in [0.3, 0.4) is 0 Å². The van der Waals surface area contributed by atoms with Crippen LogP contribution in [0.1, 0.15) is 36.0 Å². The monoisotopic (exact) mass is 522 g/mol. The lowest BCUT2D eigenvalue weighted by Crippen LogP contribution is -2.28. The maximum atomic E-state index is 12.9. The van der Waals surface area contributed by atoms with Crippen LogP contribution < -0.4 is 9.47 Å². The molecule has 192 valence electrons. The maximum Gasteiger partial charge on any atom is 0.416 e. The standard InChI is InChI=1S/C27H26ClF3O5/c1-18(13-26(32)33)20-7-10-22(11-8-20)35-16-23(34-15-19-5-3-2-4-6-19)17-36-25-12-9-21(14-24(25)28)27(29,30)31/h2-12,14,18,23H,13,15-17H2,1H3,(H,32,33). The summed E-state index contributed by atoms with van der Waals surface area (Å²) in [6.07, 6.45) is -5.04. The van der Waals surface area contributed by atoms with Gasteiger partial charge in [-0.1, -0.05) is 61.0 Å². The zero-order valence-corrected chi connectivity index (χ0v) is 20.3. The van der Waals surface area contributed by atoms with Gasteiger partial charge < -0.3 is 19.3 Å². The summed E-state index contributed by atoms with van der Waals surface area (Å²) in [5.74, 6) is -0.341. The lowest BCUT2D eigenvalue weighted by molar-refractivity contribution is -0.138. The summed E-state index contributed by atoms with van der Waals surface area (Å²) in [6, 6.07) is 19.5. The van der Waals surface area contributed by atoms with Crippen LogP contribution in [0.5, 0.6) is 11.5 Å². The fourth-order valence-electron chi connectivity index (χ4n) is 3.37. The predicted molar refractivity (Wildman–Crippen MR) is 130 cm³/mol. The first kappa shape index (κ1) is 27.4. The summed E-state index contributed by atoms with van der Waals surface area (Å²) in [4.78, 5) is 10.9. The molecule has 5 nitrogen and oxygen atoms in total. The molecule has 36 heavy (non-hydrogen) atoms. The van der Waals surface area contributed by atoms with Crippen LogP contribution in [0.2, 0.25) is 5.02 Å². The van der Waals surface area contributed by atoms with Crippen molar-refractivity contribution in [1.29, 1.82) is 0 Å². The number of halogens is 4. The molecule has 2 atom stereocenters. The van der Waals surface area contributed by atoms with E-state index < -0.39 is 23.8 Å². The minimum absolute atomic E-state index is 0.00829. The van der Waals surface area contributed by atoms with E-state index in [2.05, 4.69) is 0 Å². The fraction of sp³-hybridized carbons (Fsp3) is 0.296. The molecule has 3 aromatic carbocycles. The Labute approximate surface area is 212 Å². The Morgan fingerprint density at radius 1 is 0.972 bits per heavy atom. The molecule has 0 saturated heterocycles. The Bertz CT molecular complexity index is 1120. The number of hydrogen-bond acceptors (Lipinski definition) is 4. The molecular weight excluding hydrogens is 497 g/mol. The first-order valence-electron chi connectivity index (χ1n) is 11.2. The summed E-state index contributed by atoms with van der Waals surface area (Å²) in [6.45, 7) is 2.21. The highest BCUT2D eigenvalue weighted by Gasteiger charge is 2.31. The Kier molecular flexibility index (Phi) is 9.61. The van der Waals surface area contributed by atoms with Crippen molar-refractivity contribution in [3.05, 3.63) is 94.5 Å². The maximum absolute atomic E-state index is 12.9. The number of alkyl halides is 3. The van der Waals surface area contributed by atoms with Crippen LogP contribution in [0.25, 0.3) is 0 Å². The van der Waals surface area contributed by atoms with E-state index in [1.165, 1.54) is 6.07 Å². The largest absolute Gasteiger partial charge is 0.491 e. The number of carboxylic acid groups (broad SMARTS) is 1. The Morgan fingerprint density at radius 2 is 1.64 bits per heavy atom. The van der Waals surface area contributed by atoms with Gasteiger partial charge in [-0.25, -0.2) is 0 Å². The highest BCUT2D eigenvalue weighted by molar-refractivity contribution is 6.32. The number of carboxylic acids is 1. The smallest absolute Gasteiger partial charge is 0.416 e. The van der Waals surface area contributed by atoms with Crippen LogP contribution in [-0.4, -0.2) is 30.4 Å². The van der Waals surface area contributed by atoms with Crippen molar-refractivity contribution in [2.75, 3.05) is 13.2 Å². The quantitative estimate of drug-likeness (QED) is 0.278. The third-order valence-corrected chi connectivity index (χ3v) is 5.67. The predicted octanol–water partition coefficient (Wildman–Crippen LogP) is 6.98. The molecule has 0 radical (unpaired) electrons. The van der Waals surface area contributed by atoms with E-state index in [0.717, 1.165) is 23.3 Å². The number of carbonyl (C=O) groups is 1. The van der Waals surface area contributed by atoms with Crippen molar-refractivity contribution in [3.63, 3.8) is 0 Å². The number of ether oxygens (including phenoxy) is 3. The van der Waals surface area contributed by atoms with Crippen LogP contribution in [0.4, 0.5) is 13.2 Å². The average Bonchev–Trinajstić information content (AvgIpc) is 2.84. The summed E-state index contributed by atoms with van der Waals surface area (Å²) < 4.78 is 56.2. The molecule has 2 unspecified atom stereocenters. The van der Waals surface area contributed by atoms with Crippen LogP contribution in [0, 0.1) is 0 Å². The van der Waals surface area contributed by atoms with Crippen LogP contribution >= 0.6 is 11.6 Å². The van der Waals surface area contributed by atoms with Gasteiger partial charge >= 0.3 is 12.1 Å². The van der Waals surface area contributed by atoms with Gasteiger partial charge in [-0.05, 0) is 47.4 Å². The Morgan fingerprint density at radius 3 is 2.25 bits per heavy atom. The van der Waals surface area contributed by atoms with Crippen LogP contribution in [-0.2, 0) is 22.3 Å². The Hall–Kier alpha value is -3.23. The van der Waals surface area contributed by atoms with Gasteiger partial charge in [-0.2, -0.15) is 13.2 Å². The number of aliphatic carboxylic acids is 1. The third kappa shape index (κ3) is 8.46.